The molecule has 0 saturated heterocycles. The van der Waals surface area contributed by atoms with Crippen LogP contribution in [0.15, 0.2) is 97.1 Å². The van der Waals surface area contributed by atoms with E-state index in [0.717, 1.165) is 49.8 Å². The molecule has 0 aromatic heterocycles. The third-order valence-corrected chi connectivity index (χ3v) is 9.85. The molecule has 0 spiro atoms. The van der Waals surface area contributed by atoms with Gasteiger partial charge in [0.05, 0.1) is 5.92 Å². The predicted molar refractivity (Wildman–Crippen MR) is 204 cm³/mol. The van der Waals surface area contributed by atoms with E-state index in [2.05, 4.69) is 112 Å². The maximum atomic E-state index is 13.7. The first-order valence-electron chi connectivity index (χ1n) is 18.0. The summed E-state index contributed by atoms with van der Waals surface area (Å²) in [5, 5.41) is 0. The zero-order valence-electron chi connectivity index (χ0n) is 29.0. The van der Waals surface area contributed by atoms with Crippen molar-refractivity contribution < 1.29 is 4.39 Å². The van der Waals surface area contributed by atoms with Gasteiger partial charge in [-0.2, -0.15) is 0 Å². The molecule has 4 aromatic carbocycles. The summed E-state index contributed by atoms with van der Waals surface area (Å²) in [5.74, 6) is 7.40. The fourth-order valence-corrected chi connectivity index (χ4v) is 7.28. The lowest BCUT2D eigenvalue weighted by Crippen LogP contribution is -1.98. The van der Waals surface area contributed by atoms with Crippen molar-refractivity contribution in [3.63, 3.8) is 0 Å². The van der Waals surface area contributed by atoms with Crippen molar-refractivity contribution >= 4 is 11.1 Å². The summed E-state index contributed by atoms with van der Waals surface area (Å²) in [6.45, 7) is 9.60. The minimum atomic E-state index is -0.212. The van der Waals surface area contributed by atoms with Gasteiger partial charge in [0.15, 0.2) is 0 Å². The molecule has 3 aliphatic rings. The first-order valence-corrected chi connectivity index (χ1v) is 18.0. The second-order valence-corrected chi connectivity index (χ2v) is 13.1. The summed E-state index contributed by atoms with van der Waals surface area (Å²) >= 11 is 0. The lowest BCUT2D eigenvalue weighted by Gasteiger charge is -2.14. The first-order chi connectivity index (χ1) is 23.5. The SMILES string of the molecule is CCC#CC1c2cc(-c3ccc(F)cc3)ccc2-c2cc3c(cc21)C(=CC(CC)CCC)c1cc(C2=CCCC=C2)ccc1-3.CCCN. The van der Waals surface area contributed by atoms with Crippen LogP contribution < -0.4 is 5.73 Å². The molecule has 2 unspecified atom stereocenters. The van der Waals surface area contributed by atoms with Crippen molar-refractivity contribution in [3.8, 4) is 45.2 Å². The maximum Gasteiger partial charge on any atom is 0.123 e. The van der Waals surface area contributed by atoms with Crippen molar-refractivity contribution in [1.82, 2.24) is 0 Å². The average Bonchev–Trinajstić information content (AvgIpc) is 3.60. The van der Waals surface area contributed by atoms with Crippen LogP contribution >= 0.6 is 0 Å². The van der Waals surface area contributed by atoms with E-state index in [9.17, 15) is 4.39 Å². The third kappa shape index (κ3) is 6.63. The van der Waals surface area contributed by atoms with Crippen LogP contribution in [-0.4, -0.2) is 6.54 Å². The Kier molecular flexibility index (Phi) is 10.6. The molecule has 0 fully saturated rings. The molecule has 0 amide bonds. The van der Waals surface area contributed by atoms with Gasteiger partial charge in [-0.1, -0.05) is 101 Å². The highest BCUT2D eigenvalue weighted by molar-refractivity contribution is 6.04. The molecule has 48 heavy (non-hydrogen) atoms. The Labute approximate surface area is 287 Å². The number of hydrogen-bond acceptors (Lipinski definition) is 1. The van der Waals surface area contributed by atoms with Crippen molar-refractivity contribution in [2.75, 3.05) is 6.54 Å². The smallest absolute Gasteiger partial charge is 0.123 e. The van der Waals surface area contributed by atoms with Crippen molar-refractivity contribution in [2.45, 2.75) is 78.6 Å². The molecule has 0 saturated carbocycles. The zero-order valence-corrected chi connectivity index (χ0v) is 29.0. The van der Waals surface area contributed by atoms with E-state index in [4.69, 9.17) is 5.73 Å². The molecule has 2 atom stereocenters. The maximum absolute atomic E-state index is 13.7. The molecular formula is C46H48FN. The average molecular weight is 634 g/mol. The zero-order chi connectivity index (χ0) is 33.6. The summed E-state index contributed by atoms with van der Waals surface area (Å²) in [6.07, 6.45) is 17.2. The number of nitrogens with two attached hydrogens (primary N) is 1. The number of allylic oxidation sites excluding steroid dienone is 5. The number of halogens is 1. The van der Waals surface area contributed by atoms with Crippen LogP contribution in [0.25, 0.3) is 44.5 Å². The van der Waals surface area contributed by atoms with E-state index >= 15 is 0 Å². The van der Waals surface area contributed by atoms with Gasteiger partial charge in [-0.25, -0.2) is 4.39 Å². The van der Waals surface area contributed by atoms with Crippen LogP contribution in [0.3, 0.4) is 0 Å². The predicted octanol–water partition coefficient (Wildman–Crippen LogP) is 12.3. The fourth-order valence-electron chi connectivity index (χ4n) is 7.28. The van der Waals surface area contributed by atoms with Gasteiger partial charge in [-0.15, -0.1) is 5.92 Å². The summed E-state index contributed by atoms with van der Waals surface area (Å²) in [4.78, 5) is 0. The van der Waals surface area contributed by atoms with Gasteiger partial charge in [0.2, 0.25) is 0 Å². The van der Waals surface area contributed by atoms with Crippen molar-refractivity contribution in [2.24, 2.45) is 11.7 Å². The molecule has 3 aliphatic carbocycles. The van der Waals surface area contributed by atoms with E-state index in [1.807, 2.05) is 12.1 Å². The second-order valence-electron chi connectivity index (χ2n) is 13.1. The van der Waals surface area contributed by atoms with Crippen molar-refractivity contribution in [1.29, 1.82) is 0 Å². The Morgan fingerprint density at radius 1 is 0.750 bits per heavy atom. The molecule has 1 nitrogen and oxygen atoms in total. The van der Waals surface area contributed by atoms with Crippen LogP contribution in [0.4, 0.5) is 4.39 Å². The highest BCUT2D eigenvalue weighted by Crippen LogP contribution is 2.53. The number of hydrogen-bond donors (Lipinski definition) is 1. The highest BCUT2D eigenvalue weighted by atomic mass is 19.1. The highest BCUT2D eigenvalue weighted by Gasteiger charge is 2.33. The van der Waals surface area contributed by atoms with Crippen LogP contribution in [0.2, 0.25) is 0 Å². The molecule has 7 rings (SSSR count). The fraction of sp³-hybridized carbons (Fsp3) is 0.304. The molecular weight excluding hydrogens is 586 g/mol. The Balaban J connectivity index is 0.000000952. The molecule has 0 radical (unpaired) electrons. The standard InChI is InChI=1S/C43H39F.C3H9N/c1-4-7-14-34-38-24-32(30-15-19-33(44)20-16-30)18-21-35(38)41-26-42-36-22-17-31(29-12-9-8-10-13-29)25-39(36)37(43(42)27-40(34)41)23-28(6-3)11-5-2;1-2-3-4/h9,12-13,15-28,34H,4-6,8,10-11H2,1-3H3;2-4H2,1H3. The second kappa shape index (κ2) is 15.2. The quantitative estimate of drug-likeness (QED) is 0.177. The molecule has 0 aliphatic heterocycles. The summed E-state index contributed by atoms with van der Waals surface area (Å²) in [5.41, 5.74) is 21.6. The lowest BCUT2D eigenvalue weighted by molar-refractivity contribution is 0.564. The first kappa shape index (κ1) is 33.5. The number of rotatable bonds is 7. The van der Waals surface area contributed by atoms with Crippen LogP contribution in [0.1, 0.15) is 106 Å². The number of fused-ring (bicyclic) bond motifs is 6. The van der Waals surface area contributed by atoms with E-state index in [1.54, 1.807) is 0 Å². The van der Waals surface area contributed by atoms with Crippen molar-refractivity contribution in [3.05, 3.63) is 131 Å². The van der Waals surface area contributed by atoms with Gasteiger partial charge in [-0.3, -0.25) is 0 Å². The van der Waals surface area contributed by atoms with Gasteiger partial charge in [0, 0.05) is 6.42 Å². The van der Waals surface area contributed by atoms with Crippen LogP contribution in [-0.2, 0) is 0 Å². The Hall–Kier alpha value is -4.45. The largest absolute Gasteiger partial charge is 0.330 e. The Morgan fingerprint density at radius 3 is 2.15 bits per heavy atom. The Morgan fingerprint density at radius 2 is 1.46 bits per heavy atom. The van der Waals surface area contributed by atoms with Crippen LogP contribution in [0.5, 0.6) is 0 Å². The van der Waals surface area contributed by atoms with Gasteiger partial charge < -0.3 is 5.73 Å². The van der Waals surface area contributed by atoms with Gasteiger partial charge in [0.1, 0.15) is 5.82 Å². The Bertz CT molecular complexity index is 1940. The van der Waals surface area contributed by atoms with Crippen LogP contribution in [0, 0.1) is 23.6 Å². The van der Waals surface area contributed by atoms with E-state index in [-0.39, 0.29) is 11.7 Å². The molecule has 4 aromatic rings. The molecule has 244 valence electrons. The monoisotopic (exact) mass is 633 g/mol. The summed E-state index contributed by atoms with van der Waals surface area (Å²) in [7, 11) is 0. The molecule has 2 N–H and O–H groups in total. The normalized spacial score (nSPS) is 16.5. The molecule has 2 heteroatoms. The van der Waals surface area contributed by atoms with E-state index < -0.39 is 0 Å². The minimum absolute atomic E-state index is 0.0151. The lowest BCUT2D eigenvalue weighted by atomic mass is 9.90. The molecule has 0 bridgehead atoms. The summed E-state index contributed by atoms with van der Waals surface area (Å²) in [6, 6.07) is 25.5. The van der Waals surface area contributed by atoms with Gasteiger partial charge in [0.25, 0.3) is 0 Å². The summed E-state index contributed by atoms with van der Waals surface area (Å²) < 4.78 is 13.7. The van der Waals surface area contributed by atoms with E-state index in [0.29, 0.717) is 5.92 Å². The van der Waals surface area contributed by atoms with E-state index in [1.165, 1.54) is 86.2 Å². The van der Waals surface area contributed by atoms with Gasteiger partial charge in [-0.05, 0) is 153 Å². The minimum Gasteiger partial charge on any atom is -0.330 e. The molecule has 0 heterocycles. The van der Waals surface area contributed by atoms with Gasteiger partial charge >= 0.3 is 0 Å². The topological polar surface area (TPSA) is 26.0 Å². The third-order valence-electron chi connectivity index (χ3n) is 9.85. The number of benzene rings is 4.